The third kappa shape index (κ3) is 2.90. The van der Waals surface area contributed by atoms with Crippen LogP contribution >= 0.6 is 0 Å². The number of carbonyl (C=O) groups is 1. The fourth-order valence-corrected chi connectivity index (χ4v) is 1.68. The van der Waals surface area contributed by atoms with Gasteiger partial charge >= 0.3 is 0 Å². The Balaban J connectivity index is 2.81. The zero-order chi connectivity index (χ0) is 11.3. The quantitative estimate of drug-likeness (QED) is 0.803. The summed E-state index contributed by atoms with van der Waals surface area (Å²) in [5.74, 6) is -0.0751. The summed E-state index contributed by atoms with van der Waals surface area (Å²) in [6.45, 7) is 3.63. The van der Waals surface area contributed by atoms with E-state index in [2.05, 4.69) is 0 Å². The molecule has 1 N–H and O–H groups in total. The van der Waals surface area contributed by atoms with Crippen molar-refractivity contribution in [2.24, 2.45) is 0 Å². The summed E-state index contributed by atoms with van der Waals surface area (Å²) >= 11 is 0. The highest BCUT2D eigenvalue weighted by atomic mass is 16.3. The van der Waals surface area contributed by atoms with Crippen molar-refractivity contribution in [3.63, 3.8) is 0 Å². The second kappa shape index (κ2) is 5.08. The first kappa shape index (κ1) is 11.9. The molecule has 0 bridgehead atoms. The van der Waals surface area contributed by atoms with Crippen LogP contribution in [0.4, 0.5) is 0 Å². The fraction of sp³-hybridized carbons (Fsp3) is 0.462. The molecule has 0 spiro atoms. The Bertz CT molecular complexity index is 319. The van der Waals surface area contributed by atoms with Crippen molar-refractivity contribution in [3.05, 3.63) is 35.9 Å². The molecule has 0 saturated heterocycles. The topological polar surface area (TPSA) is 37.3 Å². The van der Waals surface area contributed by atoms with Crippen molar-refractivity contribution in [1.29, 1.82) is 0 Å². The first-order valence-corrected chi connectivity index (χ1v) is 5.42. The molecular weight excluding hydrogens is 188 g/mol. The van der Waals surface area contributed by atoms with E-state index in [1.165, 1.54) is 0 Å². The van der Waals surface area contributed by atoms with Crippen molar-refractivity contribution in [1.82, 2.24) is 0 Å². The monoisotopic (exact) mass is 206 g/mol. The molecule has 0 aliphatic heterocycles. The van der Waals surface area contributed by atoms with E-state index in [0.717, 1.165) is 5.56 Å². The second-order valence-corrected chi connectivity index (χ2v) is 3.82. The summed E-state index contributed by atoms with van der Waals surface area (Å²) in [5.41, 5.74) is -0.181. The average molecular weight is 206 g/mol. The van der Waals surface area contributed by atoms with Gasteiger partial charge < -0.3 is 5.11 Å². The summed E-state index contributed by atoms with van der Waals surface area (Å²) in [7, 11) is 0. The van der Waals surface area contributed by atoms with Gasteiger partial charge in [-0.1, -0.05) is 44.2 Å². The molecule has 0 amide bonds. The van der Waals surface area contributed by atoms with Crippen molar-refractivity contribution in [3.8, 4) is 0 Å². The van der Waals surface area contributed by atoms with Gasteiger partial charge in [-0.15, -0.1) is 0 Å². The lowest BCUT2D eigenvalue weighted by molar-refractivity contribution is -0.137. The highest BCUT2D eigenvalue weighted by Crippen LogP contribution is 2.19. The Morgan fingerprint density at radius 2 is 1.87 bits per heavy atom. The fourth-order valence-electron chi connectivity index (χ4n) is 1.68. The number of ketones is 1. The van der Waals surface area contributed by atoms with E-state index < -0.39 is 5.60 Å². The SMILES string of the molecule is CCC(=O)C(O)(CC)Cc1ccccc1. The van der Waals surface area contributed by atoms with Crippen molar-refractivity contribution in [2.75, 3.05) is 0 Å². The molecule has 1 rings (SSSR count). The molecule has 1 aromatic carbocycles. The lowest BCUT2D eigenvalue weighted by atomic mass is 9.87. The molecular formula is C13H18O2. The van der Waals surface area contributed by atoms with Gasteiger partial charge in [0.05, 0.1) is 0 Å². The standard InChI is InChI=1S/C13H18O2/c1-3-12(14)13(15,4-2)10-11-8-6-5-7-9-11/h5-9,15H,3-4,10H2,1-2H3. The Kier molecular flexibility index (Phi) is 4.04. The molecule has 1 aromatic rings. The van der Waals surface area contributed by atoms with Gasteiger partial charge in [-0.3, -0.25) is 4.79 Å². The summed E-state index contributed by atoms with van der Waals surface area (Å²) in [4.78, 5) is 11.6. The van der Waals surface area contributed by atoms with Crippen LogP contribution in [0.25, 0.3) is 0 Å². The van der Waals surface area contributed by atoms with Crippen LogP contribution in [-0.2, 0) is 11.2 Å². The normalized spacial score (nSPS) is 14.6. The number of aliphatic hydroxyl groups is 1. The number of hydrogen-bond donors (Lipinski definition) is 1. The highest BCUT2D eigenvalue weighted by Gasteiger charge is 2.32. The van der Waals surface area contributed by atoms with Crippen LogP contribution < -0.4 is 0 Å². The van der Waals surface area contributed by atoms with Crippen molar-refractivity contribution >= 4 is 5.78 Å². The van der Waals surface area contributed by atoms with Crippen molar-refractivity contribution in [2.45, 2.75) is 38.7 Å². The van der Waals surface area contributed by atoms with E-state index in [1.807, 2.05) is 37.3 Å². The van der Waals surface area contributed by atoms with Crippen LogP contribution in [0.3, 0.4) is 0 Å². The van der Waals surface area contributed by atoms with Gasteiger partial charge in [0.25, 0.3) is 0 Å². The summed E-state index contributed by atoms with van der Waals surface area (Å²) in [6.07, 6.45) is 1.27. The van der Waals surface area contributed by atoms with Crippen LogP contribution in [0, 0.1) is 0 Å². The van der Waals surface area contributed by atoms with Crippen LogP contribution in [0.15, 0.2) is 30.3 Å². The lowest BCUT2D eigenvalue weighted by Crippen LogP contribution is -2.39. The minimum atomic E-state index is -1.18. The Hall–Kier alpha value is -1.15. The number of benzene rings is 1. The van der Waals surface area contributed by atoms with Gasteiger partial charge in [-0.25, -0.2) is 0 Å². The maximum atomic E-state index is 11.6. The minimum absolute atomic E-state index is 0.0751. The molecule has 0 fully saturated rings. The zero-order valence-electron chi connectivity index (χ0n) is 9.36. The van der Waals surface area contributed by atoms with E-state index >= 15 is 0 Å². The molecule has 1 atom stereocenters. The van der Waals surface area contributed by atoms with E-state index in [-0.39, 0.29) is 5.78 Å². The van der Waals surface area contributed by atoms with Crippen LogP contribution in [0.2, 0.25) is 0 Å². The molecule has 15 heavy (non-hydrogen) atoms. The molecule has 0 aliphatic rings. The molecule has 0 aromatic heterocycles. The number of Topliss-reactive ketones (excluding diaryl/α,β-unsaturated/α-hetero) is 1. The Morgan fingerprint density at radius 3 is 2.33 bits per heavy atom. The van der Waals surface area contributed by atoms with Gasteiger partial charge in [0, 0.05) is 12.8 Å². The number of carbonyl (C=O) groups excluding carboxylic acids is 1. The third-order valence-electron chi connectivity index (χ3n) is 2.76. The van der Waals surface area contributed by atoms with Crippen LogP contribution in [0.1, 0.15) is 32.3 Å². The van der Waals surface area contributed by atoms with Crippen LogP contribution in [-0.4, -0.2) is 16.5 Å². The Labute approximate surface area is 90.9 Å². The summed E-state index contributed by atoms with van der Waals surface area (Å²) < 4.78 is 0. The zero-order valence-corrected chi connectivity index (χ0v) is 9.36. The predicted molar refractivity (Wildman–Crippen MR) is 60.7 cm³/mol. The van der Waals surface area contributed by atoms with E-state index in [9.17, 15) is 9.90 Å². The van der Waals surface area contributed by atoms with Crippen LogP contribution in [0.5, 0.6) is 0 Å². The smallest absolute Gasteiger partial charge is 0.164 e. The number of hydrogen-bond acceptors (Lipinski definition) is 2. The van der Waals surface area contributed by atoms with E-state index in [0.29, 0.717) is 19.3 Å². The summed E-state index contributed by atoms with van der Waals surface area (Å²) in [5, 5.41) is 10.2. The van der Waals surface area contributed by atoms with Gasteiger partial charge in [0.15, 0.2) is 5.78 Å². The maximum absolute atomic E-state index is 11.6. The maximum Gasteiger partial charge on any atom is 0.164 e. The number of rotatable bonds is 5. The predicted octanol–water partition coefficient (Wildman–Crippen LogP) is 2.35. The van der Waals surface area contributed by atoms with E-state index in [4.69, 9.17) is 0 Å². The van der Waals surface area contributed by atoms with E-state index in [1.54, 1.807) is 6.92 Å². The van der Waals surface area contributed by atoms with Gasteiger partial charge in [-0.05, 0) is 12.0 Å². The van der Waals surface area contributed by atoms with Crippen molar-refractivity contribution < 1.29 is 9.90 Å². The van der Waals surface area contributed by atoms with Gasteiger partial charge in [0.2, 0.25) is 0 Å². The minimum Gasteiger partial charge on any atom is -0.382 e. The summed E-state index contributed by atoms with van der Waals surface area (Å²) in [6, 6.07) is 9.63. The first-order chi connectivity index (χ1) is 7.12. The molecule has 1 unspecified atom stereocenters. The second-order valence-electron chi connectivity index (χ2n) is 3.82. The molecule has 0 radical (unpaired) electrons. The highest BCUT2D eigenvalue weighted by molar-refractivity contribution is 5.87. The molecule has 0 aliphatic carbocycles. The molecule has 0 saturated carbocycles. The molecule has 0 heterocycles. The average Bonchev–Trinajstić information content (AvgIpc) is 2.29. The Morgan fingerprint density at radius 1 is 1.27 bits per heavy atom. The molecule has 2 nitrogen and oxygen atoms in total. The molecule has 82 valence electrons. The van der Waals surface area contributed by atoms with Gasteiger partial charge in [0.1, 0.15) is 5.60 Å². The largest absolute Gasteiger partial charge is 0.382 e. The third-order valence-corrected chi connectivity index (χ3v) is 2.76. The lowest BCUT2D eigenvalue weighted by Gasteiger charge is -2.24. The van der Waals surface area contributed by atoms with Gasteiger partial charge in [-0.2, -0.15) is 0 Å². The molecule has 2 heteroatoms. The first-order valence-electron chi connectivity index (χ1n) is 5.42.